The van der Waals surface area contributed by atoms with Crippen molar-refractivity contribution in [2.45, 2.75) is 13.5 Å². The first-order valence-electron chi connectivity index (χ1n) is 9.11. The van der Waals surface area contributed by atoms with Crippen molar-refractivity contribution in [2.24, 2.45) is 0 Å². The summed E-state index contributed by atoms with van der Waals surface area (Å²) in [4.78, 5) is 41.3. The molecule has 0 atom stereocenters. The fourth-order valence-corrected chi connectivity index (χ4v) is 3.08. The van der Waals surface area contributed by atoms with Crippen LogP contribution in [0, 0.1) is 0 Å². The van der Waals surface area contributed by atoms with Gasteiger partial charge in [-0.25, -0.2) is 4.98 Å². The van der Waals surface area contributed by atoms with Crippen LogP contribution in [0.5, 0.6) is 0 Å². The number of aromatic nitrogens is 2. The molecular formula is C21H18N4O4. The van der Waals surface area contributed by atoms with Gasteiger partial charge in [-0.15, -0.1) is 0 Å². The van der Waals surface area contributed by atoms with Crippen LogP contribution in [0.2, 0.25) is 0 Å². The molecule has 2 amide bonds. The monoisotopic (exact) mass is 390 g/mol. The van der Waals surface area contributed by atoms with Gasteiger partial charge in [-0.1, -0.05) is 18.2 Å². The lowest BCUT2D eigenvalue weighted by molar-refractivity contribution is -0.116. The van der Waals surface area contributed by atoms with E-state index in [-0.39, 0.29) is 18.0 Å². The lowest BCUT2D eigenvalue weighted by Crippen LogP contribution is -2.28. The fraction of sp³-hybridized carbons (Fsp3) is 0.143. The van der Waals surface area contributed by atoms with Crippen molar-refractivity contribution in [1.29, 1.82) is 0 Å². The van der Waals surface area contributed by atoms with Crippen LogP contribution in [-0.4, -0.2) is 27.9 Å². The molecule has 2 aromatic heterocycles. The first-order chi connectivity index (χ1) is 14.1. The molecule has 0 bridgehead atoms. The maximum Gasteiger partial charge on any atom is 0.297 e. The quantitative estimate of drug-likeness (QED) is 0.545. The Hall–Kier alpha value is -3.94. The van der Waals surface area contributed by atoms with E-state index in [4.69, 9.17) is 4.42 Å². The second kappa shape index (κ2) is 7.59. The van der Waals surface area contributed by atoms with Gasteiger partial charge in [0.25, 0.3) is 11.5 Å². The highest BCUT2D eigenvalue weighted by molar-refractivity contribution is 6.02. The average Bonchev–Trinajstić information content (AvgIpc) is 3.10. The Labute approximate surface area is 165 Å². The van der Waals surface area contributed by atoms with E-state index in [1.54, 1.807) is 30.3 Å². The second-order valence-electron chi connectivity index (χ2n) is 6.44. The van der Waals surface area contributed by atoms with Crippen molar-refractivity contribution in [3.63, 3.8) is 0 Å². The highest BCUT2D eigenvalue weighted by Crippen LogP contribution is 2.24. The molecule has 29 heavy (non-hydrogen) atoms. The molecule has 146 valence electrons. The number of benzene rings is 2. The molecule has 0 saturated heterocycles. The molecule has 4 aromatic rings. The van der Waals surface area contributed by atoms with E-state index in [1.807, 2.05) is 25.1 Å². The molecule has 0 fully saturated rings. The Balaban J connectivity index is 1.56. The van der Waals surface area contributed by atoms with Crippen molar-refractivity contribution < 1.29 is 14.0 Å². The summed E-state index contributed by atoms with van der Waals surface area (Å²) in [6.45, 7) is 2.11. The number of furan rings is 1. The predicted molar refractivity (Wildman–Crippen MR) is 109 cm³/mol. The molecule has 4 rings (SSSR count). The Morgan fingerprint density at radius 2 is 1.97 bits per heavy atom. The van der Waals surface area contributed by atoms with Gasteiger partial charge in [0.2, 0.25) is 11.5 Å². The third-order valence-corrected chi connectivity index (χ3v) is 4.41. The van der Waals surface area contributed by atoms with Crippen LogP contribution in [0.25, 0.3) is 22.1 Å². The van der Waals surface area contributed by atoms with Gasteiger partial charge in [0.1, 0.15) is 17.6 Å². The molecule has 0 unspecified atom stereocenters. The topological polar surface area (TPSA) is 106 Å². The van der Waals surface area contributed by atoms with Crippen LogP contribution in [0.1, 0.15) is 17.3 Å². The third-order valence-electron chi connectivity index (χ3n) is 4.41. The lowest BCUT2D eigenvalue weighted by Gasteiger charge is -2.08. The van der Waals surface area contributed by atoms with Crippen molar-refractivity contribution in [2.75, 3.05) is 11.9 Å². The van der Waals surface area contributed by atoms with Gasteiger partial charge in [-0.05, 0) is 37.3 Å². The summed E-state index contributed by atoms with van der Waals surface area (Å²) >= 11 is 0. The first-order valence-corrected chi connectivity index (χ1v) is 9.11. The molecule has 0 spiro atoms. The van der Waals surface area contributed by atoms with E-state index >= 15 is 0 Å². The van der Waals surface area contributed by atoms with Crippen molar-refractivity contribution in [3.8, 4) is 0 Å². The number of nitrogens with one attached hydrogen (secondary N) is 2. The molecule has 0 aliphatic rings. The van der Waals surface area contributed by atoms with Crippen LogP contribution in [0.3, 0.4) is 0 Å². The van der Waals surface area contributed by atoms with Crippen molar-refractivity contribution >= 4 is 39.6 Å². The SMILES string of the molecule is CCNC(=O)c1cccc(NC(=O)Cn2cnc3c(oc4ccccc43)c2=O)c1. The maximum absolute atomic E-state index is 12.7. The van der Waals surface area contributed by atoms with Crippen LogP contribution in [0.4, 0.5) is 5.69 Å². The summed E-state index contributed by atoms with van der Waals surface area (Å²) in [7, 11) is 0. The number of carbonyl (C=O) groups excluding carboxylic acids is 2. The van der Waals surface area contributed by atoms with E-state index in [0.29, 0.717) is 28.9 Å². The first kappa shape index (κ1) is 18.4. The standard InChI is InChI=1S/C21H18N4O4/c1-2-22-20(27)13-6-5-7-14(10-13)24-17(26)11-25-12-23-18-15-8-3-4-9-16(15)29-19(18)21(25)28/h3-10,12H,2,11H2,1H3,(H,22,27)(H,24,26). The number of para-hydroxylation sites is 1. The molecule has 0 aliphatic carbocycles. The van der Waals surface area contributed by atoms with Gasteiger partial charge >= 0.3 is 0 Å². The molecule has 8 heteroatoms. The Morgan fingerprint density at radius 1 is 1.14 bits per heavy atom. The summed E-state index contributed by atoms with van der Waals surface area (Å²) in [5.41, 5.74) is 1.61. The van der Waals surface area contributed by atoms with Gasteiger partial charge in [-0.3, -0.25) is 19.0 Å². The molecule has 0 radical (unpaired) electrons. The minimum absolute atomic E-state index is 0.111. The number of rotatable bonds is 5. The highest BCUT2D eigenvalue weighted by atomic mass is 16.3. The van der Waals surface area contributed by atoms with Gasteiger partial charge in [0.05, 0.1) is 6.33 Å². The summed E-state index contributed by atoms with van der Waals surface area (Å²) in [6.07, 6.45) is 1.33. The van der Waals surface area contributed by atoms with Crippen LogP contribution < -0.4 is 16.2 Å². The van der Waals surface area contributed by atoms with E-state index in [2.05, 4.69) is 15.6 Å². The molecule has 2 aromatic carbocycles. The molecule has 8 nitrogen and oxygen atoms in total. The van der Waals surface area contributed by atoms with Crippen LogP contribution in [0.15, 0.2) is 64.1 Å². The lowest BCUT2D eigenvalue weighted by atomic mass is 10.2. The largest absolute Gasteiger partial charge is 0.448 e. The number of hydrogen-bond donors (Lipinski definition) is 2. The number of nitrogens with zero attached hydrogens (tertiary/aromatic N) is 2. The van der Waals surface area contributed by atoms with Gasteiger partial charge < -0.3 is 15.1 Å². The summed E-state index contributed by atoms with van der Waals surface area (Å²) < 4.78 is 6.80. The number of anilines is 1. The minimum Gasteiger partial charge on any atom is -0.448 e. The Kier molecular flexibility index (Phi) is 4.82. The van der Waals surface area contributed by atoms with Crippen molar-refractivity contribution in [3.05, 3.63) is 70.8 Å². The van der Waals surface area contributed by atoms with E-state index in [0.717, 1.165) is 5.39 Å². The zero-order valence-corrected chi connectivity index (χ0v) is 15.6. The molecule has 2 heterocycles. The molecule has 2 N–H and O–H groups in total. The molecular weight excluding hydrogens is 372 g/mol. The summed E-state index contributed by atoms with van der Waals surface area (Å²) in [5.74, 6) is -0.642. The Morgan fingerprint density at radius 3 is 2.79 bits per heavy atom. The zero-order valence-electron chi connectivity index (χ0n) is 15.6. The summed E-state index contributed by atoms with van der Waals surface area (Å²) in [5, 5.41) is 6.14. The van der Waals surface area contributed by atoms with Crippen LogP contribution >= 0.6 is 0 Å². The van der Waals surface area contributed by atoms with Crippen LogP contribution in [-0.2, 0) is 11.3 Å². The fourth-order valence-electron chi connectivity index (χ4n) is 3.08. The summed E-state index contributed by atoms with van der Waals surface area (Å²) in [6, 6.07) is 13.8. The zero-order chi connectivity index (χ0) is 20.4. The number of carbonyl (C=O) groups is 2. The van der Waals surface area contributed by atoms with Gasteiger partial charge in [0.15, 0.2) is 0 Å². The normalized spacial score (nSPS) is 10.9. The van der Waals surface area contributed by atoms with E-state index < -0.39 is 11.5 Å². The highest BCUT2D eigenvalue weighted by Gasteiger charge is 2.15. The maximum atomic E-state index is 12.7. The predicted octanol–water partition coefficient (Wildman–Crippen LogP) is 2.53. The minimum atomic E-state index is -0.433. The van der Waals surface area contributed by atoms with Crippen molar-refractivity contribution in [1.82, 2.24) is 14.9 Å². The Bertz CT molecular complexity index is 1290. The number of fused-ring (bicyclic) bond motifs is 3. The van der Waals surface area contributed by atoms with E-state index in [9.17, 15) is 14.4 Å². The molecule has 0 aliphatic heterocycles. The van der Waals surface area contributed by atoms with E-state index in [1.165, 1.54) is 10.9 Å². The number of amides is 2. The third kappa shape index (κ3) is 3.60. The van der Waals surface area contributed by atoms with Gasteiger partial charge in [0, 0.05) is 23.2 Å². The average molecular weight is 390 g/mol. The molecule has 0 saturated carbocycles. The smallest absolute Gasteiger partial charge is 0.297 e. The van der Waals surface area contributed by atoms with Gasteiger partial charge in [-0.2, -0.15) is 0 Å². The second-order valence-corrected chi connectivity index (χ2v) is 6.44. The number of hydrogen-bond acceptors (Lipinski definition) is 5.